The summed E-state index contributed by atoms with van der Waals surface area (Å²) in [6.45, 7) is 2.46. The largest absolute Gasteiger partial charge is 0.468 e. The van der Waals surface area contributed by atoms with Crippen LogP contribution < -0.4 is 4.90 Å². The van der Waals surface area contributed by atoms with Gasteiger partial charge in [-0.2, -0.15) is 0 Å². The number of anilines is 1. The van der Waals surface area contributed by atoms with E-state index in [1.165, 1.54) is 7.11 Å². The van der Waals surface area contributed by atoms with Gasteiger partial charge in [-0.15, -0.1) is 0 Å². The van der Waals surface area contributed by atoms with Crippen LogP contribution in [0.15, 0.2) is 24.3 Å². The second kappa shape index (κ2) is 4.57. The molecule has 1 aliphatic rings. The first-order chi connectivity index (χ1) is 8.19. The lowest BCUT2D eigenvalue weighted by atomic mass is 9.92. The monoisotopic (exact) mass is 233 g/mol. The predicted octanol–water partition coefficient (Wildman–Crippen LogP) is 1.38. The van der Waals surface area contributed by atoms with Gasteiger partial charge in [-0.25, -0.2) is 0 Å². The Morgan fingerprint density at radius 2 is 2.18 bits per heavy atom. The summed E-state index contributed by atoms with van der Waals surface area (Å²) in [6, 6.07) is 7.66. The van der Waals surface area contributed by atoms with Gasteiger partial charge in [0.05, 0.1) is 7.11 Å². The summed E-state index contributed by atoms with van der Waals surface area (Å²) in [6.07, 6.45) is 0.429. The second-order valence-corrected chi connectivity index (χ2v) is 3.99. The second-order valence-electron chi connectivity index (χ2n) is 3.99. The molecule has 0 radical (unpaired) electrons. The highest BCUT2D eigenvalue weighted by atomic mass is 16.5. The van der Waals surface area contributed by atoms with Gasteiger partial charge in [-0.1, -0.05) is 18.2 Å². The number of carbonyl (C=O) groups is 2. The topological polar surface area (TPSA) is 46.6 Å². The molecule has 0 spiro atoms. The van der Waals surface area contributed by atoms with Crippen LogP contribution in [0.4, 0.5) is 5.69 Å². The molecule has 1 aromatic rings. The van der Waals surface area contributed by atoms with Gasteiger partial charge in [0.1, 0.15) is 5.92 Å². The Bertz CT molecular complexity index is 456. The molecule has 2 rings (SSSR count). The van der Waals surface area contributed by atoms with E-state index in [0.29, 0.717) is 13.0 Å². The van der Waals surface area contributed by atoms with Gasteiger partial charge < -0.3 is 9.64 Å². The standard InChI is InChI=1S/C13H15NO3/c1-3-14-11-7-5-4-6-9(11)8-10(12(14)15)13(16)17-2/h4-7,10H,3,8H2,1-2H3. The molecule has 0 fully saturated rings. The summed E-state index contributed by atoms with van der Waals surface area (Å²) < 4.78 is 4.68. The molecule has 0 aliphatic carbocycles. The van der Waals surface area contributed by atoms with Crippen LogP contribution in [0.1, 0.15) is 12.5 Å². The van der Waals surface area contributed by atoms with Crippen LogP contribution in [0.5, 0.6) is 0 Å². The number of para-hydroxylation sites is 1. The minimum Gasteiger partial charge on any atom is -0.468 e. The molecule has 17 heavy (non-hydrogen) atoms. The fourth-order valence-electron chi connectivity index (χ4n) is 2.21. The number of amides is 1. The fourth-order valence-corrected chi connectivity index (χ4v) is 2.21. The molecule has 0 saturated heterocycles. The van der Waals surface area contributed by atoms with Gasteiger partial charge in [0.15, 0.2) is 0 Å². The summed E-state index contributed by atoms with van der Waals surface area (Å²) in [5, 5.41) is 0. The van der Waals surface area contributed by atoms with Gasteiger partial charge in [-0.3, -0.25) is 9.59 Å². The molecule has 1 aromatic carbocycles. The van der Waals surface area contributed by atoms with E-state index in [1.807, 2.05) is 31.2 Å². The smallest absolute Gasteiger partial charge is 0.318 e. The van der Waals surface area contributed by atoms with Crippen molar-refractivity contribution in [1.82, 2.24) is 0 Å². The Morgan fingerprint density at radius 1 is 1.47 bits per heavy atom. The number of rotatable bonds is 2. The van der Waals surface area contributed by atoms with Crippen LogP contribution in [-0.4, -0.2) is 25.5 Å². The number of benzene rings is 1. The van der Waals surface area contributed by atoms with E-state index in [9.17, 15) is 9.59 Å². The van der Waals surface area contributed by atoms with Gasteiger partial charge in [-0.05, 0) is 25.0 Å². The van der Waals surface area contributed by atoms with Gasteiger partial charge in [0.25, 0.3) is 0 Å². The first kappa shape index (κ1) is 11.6. The van der Waals surface area contributed by atoms with Crippen LogP contribution in [-0.2, 0) is 20.7 Å². The summed E-state index contributed by atoms with van der Waals surface area (Å²) in [5.41, 5.74) is 1.92. The van der Waals surface area contributed by atoms with Gasteiger partial charge in [0, 0.05) is 12.2 Å². The Balaban J connectivity index is 2.42. The lowest BCUT2D eigenvalue weighted by Gasteiger charge is -2.32. The number of fused-ring (bicyclic) bond motifs is 1. The van der Waals surface area contributed by atoms with E-state index in [1.54, 1.807) is 4.90 Å². The van der Waals surface area contributed by atoms with Crippen molar-refractivity contribution in [3.05, 3.63) is 29.8 Å². The highest BCUT2D eigenvalue weighted by Gasteiger charge is 2.37. The molecule has 0 bridgehead atoms. The Morgan fingerprint density at radius 3 is 2.82 bits per heavy atom. The van der Waals surface area contributed by atoms with Crippen molar-refractivity contribution >= 4 is 17.6 Å². The average molecular weight is 233 g/mol. The van der Waals surface area contributed by atoms with Crippen molar-refractivity contribution in [2.75, 3.05) is 18.6 Å². The van der Waals surface area contributed by atoms with E-state index in [-0.39, 0.29) is 5.91 Å². The Hall–Kier alpha value is -1.84. The zero-order chi connectivity index (χ0) is 12.4. The van der Waals surface area contributed by atoms with Crippen LogP contribution in [0.3, 0.4) is 0 Å². The number of ether oxygens (including phenoxy) is 1. The lowest BCUT2D eigenvalue weighted by molar-refractivity contribution is -0.149. The normalized spacial score (nSPS) is 18.8. The number of hydrogen-bond acceptors (Lipinski definition) is 3. The molecule has 1 atom stereocenters. The van der Waals surface area contributed by atoms with E-state index in [0.717, 1.165) is 11.3 Å². The number of esters is 1. The molecular weight excluding hydrogens is 218 g/mol. The molecule has 1 heterocycles. The Labute approximate surface area is 100 Å². The molecule has 90 valence electrons. The first-order valence-corrected chi connectivity index (χ1v) is 5.66. The minimum atomic E-state index is -0.699. The summed E-state index contributed by atoms with van der Waals surface area (Å²) >= 11 is 0. The van der Waals surface area contributed by atoms with E-state index in [2.05, 4.69) is 4.74 Å². The van der Waals surface area contributed by atoms with Crippen molar-refractivity contribution in [2.45, 2.75) is 13.3 Å². The molecule has 1 amide bonds. The third kappa shape index (κ3) is 1.90. The molecule has 0 saturated carbocycles. The van der Waals surface area contributed by atoms with E-state index < -0.39 is 11.9 Å². The quantitative estimate of drug-likeness (QED) is 0.572. The van der Waals surface area contributed by atoms with Crippen LogP contribution in [0.25, 0.3) is 0 Å². The first-order valence-electron chi connectivity index (χ1n) is 5.66. The Kier molecular flexibility index (Phi) is 3.13. The third-order valence-corrected chi connectivity index (χ3v) is 3.07. The van der Waals surface area contributed by atoms with E-state index in [4.69, 9.17) is 0 Å². The predicted molar refractivity (Wildman–Crippen MR) is 63.7 cm³/mol. The summed E-state index contributed by atoms with van der Waals surface area (Å²) in [5.74, 6) is -1.32. The van der Waals surface area contributed by atoms with Crippen molar-refractivity contribution in [3.63, 3.8) is 0 Å². The maximum Gasteiger partial charge on any atom is 0.318 e. The number of carbonyl (C=O) groups excluding carboxylic acids is 2. The zero-order valence-electron chi connectivity index (χ0n) is 9.97. The molecule has 1 aliphatic heterocycles. The number of methoxy groups -OCH3 is 1. The zero-order valence-corrected chi connectivity index (χ0v) is 9.97. The molecule has 1 unspecified atom stereocenters. The highest BCUT2D eigenvalue weighted by molar-refractivity contribution is 6.08. The van der Waals surface area contributed by atoms with Crippen LogP contribution >= 0.6 is 0 Å². The maximum atomic E-state index is 12.1. The SMILES string of the molecule is CCN1C(=O)C(C(=O)OC)Cc2ccccc21. The van der Waals surface area contributed by atoms with Crippen molar-refractivity contribution in [2.24, 2.45) is 5.92 Å². The molecule has 0 aromatic heterocycles. The highest BCUT2D eigenvalue weighted by Crippen LogP contribution is 2.30. The molecule has 4 heteroatoms. The number of nitrogens with zero attached hydrogens (tertiary/aromatic N) is 1. The van der Waals surface area contributed by atoms with Crippen molar-refractivity contribution < 1.29 is 14.3 Å². The maximum absolute atomic E-state index is 12.1. The minimum absolute atomic E-state index is 0.168. The van der Waals surface area contributed by atoms with Gasteiger partial charge in [0.2, 0.25) is 5.91 Å². The van der Waals surface area contributed by atoms with Crippen LogP contribution in [0, 0.1) is 5.92 Å². The molecule has 0 N–H and O–H groups in total. The van der Waals surface area contributed by atoms with Crippen molar-refractivity contribution in [3.8, 4) is 0 Å². The molecular formula is C13H15NO3. The number of hydrogen-bond donors (Lipinski definition) is 0. The summed E-state index contributed by atoms with van der Waals surface area (Å²) in [7, 11) is 1.31. The van der Waals surface area contributed by atoms with Gasteiger partial charge >= 0.3 is 5.97 Å². The van der Waals surface area contributed by atoms with Crippen LogP contribution in [0.2, 0.25) is 0 Å². The third-order valence-electron chi connectivity index (χ3n) is 3.07. The molecule has 4 nitrogen and oxygen atoms in total. The average Bonchev–Trinajstić information content (AvgIpc) is 2.37. The fraction of sp³-hybridized carbons (Fsp3) is 0.385. The van der Waals surface area contributed by atoms with Crippen molar-refractivity contribution in [1.29, 1.82) is 0 Å². The summed E-state index contributed by atoms with van der Waals surface area (Å²) in [4.78, 5) is 25.4. The lowest BCUT2D eigenvalue weighted by Crippen LogP contribution is -2.44. The van der Waals surface area contributed by atoms with E-state index >= 15 is 0 Å².